The maximum absolute atomic E-state index is 10.9. The highest BCUT2D eigenvalue weighted by molar-refractivity contribution is 5.83. The molecule has 1 aromatic carbocycles. The van der Waals surface area contributed by atoms with Crippen LogP contribution in [0.2, 0.25) is 0 Å². The maximum Gasteiger partial charge on any atom is 0.306 e. The number of aromatic hydroxyl groups is 1. The minimum absolute atomic E-state index is 0.161. The summed E-state index contributed by atoms with van der Waals surface area (Å²) in [6.07, 6.45) is 0.424. The number of carbonyl (C=O) groups is 1. The molecular formula is C12H14N2O3. The molecule has 0 radical (unpaired) electrons. The first-order valence-corrected chi connectivity index (χ1v) is 5.36. The van der Waals surface area contributed by atoms with Gasteiger partial charge in [-0.15, -0.1) is 0 Å². The van der Waals surface area contributed by atoms with Crippen molar-refractivity contribution >= 4 is 16.9 Å². The molecule has 0 bridgehead atoms. The molecule has 17 heavy (non-hydrogen) atoms. The fourth-order valence-electron chi connectivity index (χ4n) is 1.86. The maximum atomic E-state index is 10.9. The minimum atomic E-state index is -0.821. The quantitative estimate of drug-likeness (QED) is 0.844. The van der Waals surface area contributed by atoms with Crippen molar-refractivity contribution in [2.45, 2.75) is 13.3 Å². The van der Waals surface area contributed by atoms with Crippen molar-refractivity contribution < 1.29 is 15.0 Å². The molecule has 90 valence electrons. The lowest BCUT2D eigenvalue weighted by atomic mass is 10.0. The second-order valence-corrected chi connectivity index (χ2v) is 4.22. The van der Waals surface area contributed by atoms with Gasteiger partial charge in [0, 0.05) is 30.6 Å². The van der Waals surface area contributed by atoms with Crippen LogP contribution in [0.1, 0.15) is 12.6 Å². The zero-order valence-corrected chi connectivity index (χ0v) is 9.71. The molecule has 1 heterocycles. The Morgan fingerprint density at radius 3 is 2.88 bits per heavy atom. The van der Waals surface area contributed by atoms with E-state index in [1.54, 1.807) is 36.9 Å². The van der Waals surface area contributed by atoms with Crippen molar-refractivity contribution in [3.63, 3.8) is 0 Å². The van der Waals surface area contributed by atoms with Gasteiger partial charge < -0.3 is 10.2 Å². The van der Waals surface area contributed by atoms with E-state index < -0.39 is 11.9 Å². The monoisotopic (exact) mass is 234 g/mol. The van der Waals surface area contributed by atoms with Gasteiger partial charge in [-0.1, -0.05) is 6.92 Å². The first-order chi connectivity index (χ1) is 7.99. The van der Waals surface area contributed by atoms with Gasteiger partial charge in [0.15, 0.2) is 0 Å². The van der Waals surface area contributed by atoms with E-state index >= 15 is 0 Å². The number of phenolic OH excluding ortho intramolecular Hbond substituents is 1. The van der Waals surface area contributed by atoms with Crippen molar-refractivity contribution in [2.75, 3.05) is 0 Å². The number of carboxylic acids is 1. The normalized spacial score (nSPS) is 12.8. The van der Waals surface area contributed by atoms with Gasteiger partial charge in [0.1, 0.15) is 5.75 Å². The lowest BCUT2D eigenvalue weighted by molar-refractivity contribution is -0.141. The Hall–Kier alpha value is -2.04. The van der Waals surface area contributed by atoms with Crippen LogP contribution in [-0.2, 0) is 18.3 Å². The molecule has 2 rings (SSSR count). The summed E-state index contributed by atoms with van der Waals surface area (Å²) in [7, 11) is 1.78. The Morgan fingerprint density at radius 1 is 1.53 bits per heavy atom. The zero-order valence-electron chi connectivity index (χ0n) is 9.71. The summed E-state index contributed by atoms with van der Waals surface area (Å²) in [5, 5.41) is 23.4. The fraction of sp³-hybridized carbons (Fsp3) is 0.333. The second-order valence-electron chi connectivity index (χ2n) is 4.22. The summed E-state index contributed by atoms with van der Waals surface area (Å²) in [6.45, 7) is 1.67. The Bertz CT molecular complexity index is 574. The van der Waals surface area contributed by atoms with Crippen molar-refractivity contribution in [3.05, 3.63) is 23.9 Å². The smallest absolute Gasteiger partial charge is 0.306 e. The van der Waals surface area contributed by atoms with Gasteiger partial charge in [-0.25, -0.2) is 0 Å². The molecule has 5 heteroatoms. The molecule has 2 N–H and O–H groups in total. The number of hydrogen-bond acceptors (Lipinski definition) is 3. The predicted molar refractivity (Wildman–Crippen MR) is 62.9 cm³/mol. The molecule has 0 fully saturated rings. The lowest BCUT2D eigenvalue weighted by Gasteiger charge is -2.06. The van der Waals surface area contributed by atoms with Crippen LogP contribution in [0, 0.1) is 5.92 Å². The molecule has 0 aliphatic carbocycles. The molecule has 1 aromatic heterocycles. The van der Waals surface area contributed by atoms with Crippen molar-refractivity contribution in [3.8, 4) is 5.75 Å². The van der Waals surface area contributed by atoms with E-state index in [1.165, 1.54) is 0 Å². The third kappa shape index (κ3) is 2.08. The highest BCUT2D eigenvalue weighted by Crippen LogP contribution is 2.24. The van der Waals surface area contributed by atoms with E-state index in [0.717, 1.165) is 11.1 Å². The molecule has 5 nitrogen and oxygen atoms in total. The van der Waals surface area contributed by atoms with Crippen LogP contribution in [0.5, 0.6) is 5.75 Å². The third-order valence-electron chi connectivity index (χ3n) is 2.86. The van der Waals surface area contributed by atoms with E-state index in [9.17, 15) is 9.90 Å². The number of hydrogen-bond donors (Lipinski definition) is 2. The van der Waals surface area contributed by atoms with Crippen molar-refractivity contribution in [2.24, 2.45) is 13.0 Å². The Morgan fingerprint density at radius 2 is 2.24 bits per heavy atom. The number of rotatable bonds is 3. The van der Waals surface area contributed by atoms with Gasteiger partial charge in [0.25, 0.3) is 0 Å². The number of carboxylic acid groups (broad SMARTS) is 1. The van der Waals surface area contributed by atoms with Gasteiger partial charge >= 0.3 is 5.97 Å². The number of benzene rings is 1. The number of aromatic nitrogens is 2. The van der Waals surface area contributed by atoms with Gasteiger partial charge in [-0.05, 0) is 12.1 Å². The summed E-state index contributed by atoms with van der Waals surface area (Å²) in [4.78, 5) is 10.9. The summed E-state index contributed by atoms with van der Waals surface area (Å²) in [5.74, 6) is -1.12. The summed E-state index contributed by atoms with van der Waals surface area (Å²) in [5.41, 5.74) is 1.55. The molecule has 0 saturated heterocycles. The lowest BCUT2D eigenvalue weighted by Crippen LogP contribution is -2.14. The third-order valence-corrected chi connectivity index (χ3v) is 2.86. The van der Waals surface area contributed by atoms with Crippen LogP contribution in [-0.4, -0.2) is 26.0 Å². The number of nitrogens with zero attached hydrogens (tertiary/aromatic N) is 2. The fourth-order valence-corrected chi connectivity index (χ4v) is 1.86. The number of fused-ring (bicyclic) bond motifs is 1. The SMILES string of the molecule is CC(Cc1c2ccc(O)cc2nn1C)C(=O)O. The van der Waals surface area contributed by atoms with Crippen LogP contribution >= 0.6 is 0 Å². The van der Waals surface area contributed by atoms with Gasteiger partial charge in [-0.3, -0.25) is 9.48 Å². The number of aliphatic carboxylic acids is 1. The number of phenols is 1. The Labute approximate surface area is 98.3 Å². The average Bonchev–Trinajstić information content (AvgIpc) is 2.54. The molecule has 0 saturated carbocycles. The van der Waals surface area contributed by atoms with Crippen LogP contribution in [0.3, 0.4) is 0 Å². The molecule has 0 spiro atoms. The molecule has 1 atom stereocenters. The van der Waals surface area contributed by atoms with Gasteiger partial charge in [0.05, 0.1) is 11.4 Å². The highest BCUT2D eigenvalue weighted by Gasteiger charge is 2.17. The van der Waals surface area contributed by atoms with Crippen LogP contribution < -0.4 is 0 Å². The first kappa shape index (κ1) is 11.4. The summed E-state index contributed by atoms with van der Waals surface area (Å²) >= 11 is 0. The molecule has 0 aliphatic rings. The Kier molecular flexibility index (Phi) is 2.75. The second kappa shape index (κ2) is 4.08. The average molecular weight is 234 g/mol. The van der Waals surface area contributed by atoms with Gasteiger partial charge in [-0.2, -0.15) is 5.10 Å². The largest absolute Gasteiger partial charge is 0.508 e. The van der Waals surface area contributed by atoms with E-state index in [1.807, 2.05) is 0 Å². The first-order valence-electron chi connectivity index (χ1n) is 5.36. The molecule has 1 unspecified atom stereocenters. The van der Waals surface area contributed by atoms with Crippen molar-refractivity contribution in [1.29, 1.82) is 0 Å². The topological polar surface area (TPSA) is 75.4 Å². The van der Waals surface area contributed by atoms with E-state index in [0.29, 0.717) is 11.9 Å². The standard InChI is InChI=1S/C12H14N2O3/c1-7(12(16)17)5-11-9-4-3-8(15)6-10(9)13-14(11)2/h3-4,6-7,15H,5H2,1-2H3,(H,16,17). The molecule has 0 aliphatic heterocycles. The van der Waals surface area contributed by atoms with Crippen LogP contribution in [0.4, 0.5) is 0 Å². The minimum Gasteiger partial charge on any atom is -0.508 e. The van der Waals surface area contributed by atoms with Crippen molar-refractivity contribution in [1.82, 2.24) is 9.78 Å². The van der Waals surface area contributed by atoms with Crippen LogP contribution in [0.25, 0.3) is 10.9 Å². The van der Waals surface area contributed by atoms with E-state index in [-0.39, 0.29) is 5.75 Å². The highest BCUT2D eigenvalue weighted by atomic mass is 16.4. The summed E-state index contributed by atoms with van der Waals surface area (Å²) < 4.78 is 1.67. The molecule has 0 amide bonds. The van der Waals surface area contributed by atoms with E-state index in [4.69, 9.17) is 5.11 Å². The number of aryl methyl sites for hydroxylation is 1. The zero-order chi connectivity index (χ0) is 12.6. The Balaban J connectivity index is 2.46. The van der Waals surface area contributed by atoms with Gasteiger partial charge in [0.2, 0.25) is 0 Å². The predicted octanol–water partition coefficient (Wildman–Crippen LogP) is 1.54. The summed E-state index contributed by atoms with van der Waals surface area (Å²) in [6, 6.07) is 4.92. The molecule has 2 aromatic rings. The van der Waals surface area contributed by atoms with E-state index in [2.05, 4.69) is 5.10 Å². The van der Waals surface area contributed by atoms with Crippen LogP contribution in [0.15, 0.2) is 18.2 Å². The molecular weight excluding hydrogens is 220 g/mol.